The molecule has 0 unspecified atom stereocenters. The Morgan fingerprint density at radius 3 is 2.67 bits per heavy atom. The molecule has 0 aliphatic rings. The molecule has 0 amide bonds. The predicted octanol–water partition coefficient (Wildman–Crippen LogP) is 3.30. The van der Waals surface area contributed by atoms with E-state index in [0.29, 0.717) is 0 Å². The number of benzene rings is 1. The van der Waals surface area contributed by atoms with Crippen LogP contribution in [0.3, 0.4) is 0 Å². The number of imidazole rings is 1. The summed E-state index contributed by atoms with van der Waals surface area (Å²) in [6, 6.07) is 6.49. The van der Waals surface area contributed by atoms with Gasteiger partial charge in [0.15, 0.2) is 0 Å². The van der Waals surface area contributed by atoms with Crippen molar-refractivity contribution in [1.29, 1.82) is 0 Å². The lowest BCUT2D eigenvalue weighted by Crippen LogP contribution is -1.94. The van der Waals surface area contributed by atoms with Crippen LogP contribution in [0.2, 0.25) is 0 Å². The molecule has 2 nitrogen and oxygen atoms in total. The molecule has 2 aromatic rings. The summed E-state index contributed by atoms with van der Waals surface area (Å²) < 4.78 is 15.8. The van der Waals surface area contributed by atoms with Crippen molar-refractivity contribution in [2.45, 2.75) is 6.92 Å². The summed E-state index contributed by atoms with van der Waals surface area (Å²) in [7, 11) is 1.91. The smallest absolute Gasteiger partial charge is 0.132 e. The second kappa shape index (κ2) is 3.77. The molecule has 0 radical (unpaired) electrons. The highest BCUT2D eigenvalue weighted by atomic mass is 79.9. The van der Waals surface area contributed by atoms with Crippen LogP contribution in [0.25, 0.3) is 11.3 Å². The molecule has 0 saturated carbocycles. The lowest BCUT2D eigenvalue weighted by Gasteiger charge is -2.04. The van der Waals surface area contributed by atoms with Crippen LogP contribution in [-0.4, -0.2) is 9.55 Å². The van der Waals surface area contributed by atoms with E-state index in [1.165, 1.54) is 12.1 Å². The lowest BCUT2D eigenvalue weighted by molar-refractivity contribution is 0.628. The summed E-state index contributed by atoms with van der Waals surface area (Å²) in [5, 5.41) is 0. The van der Waals surface area contributed by atoms with E-state index in [-0.39, 0.29) is 5.82 Å². The Balaban J connectivity index is 2.63. The van der Waals surface area contributed by atoms with Crippen LogP contribution in [-0.2, 0) is 7.05 Å². The highest BCUT2D eigenvalue weighted by Crippen LogP contribution is 2.28. The first-order valence-corrected chi connectivity index (χ1v) is 5.33. The minimum atomic E-state index is -0.238. The molecule has 15 heavy (non-hydrogen) atoms. The molecule has 0 aliphatic heterocycles. The second-order valence-electron chi connectivity index (χ2n) is 3.37. The van der Waals surface area contributed by atoms with E-state index < -0.39 is 0 Å². The maximum atomic E-state index is 13.1. The van der Waals surface area contributed by atoms with E-state index in [9.17, 15) is 4.39 Å². The molecule has 1 aromatic heterocycles. The van der Waals surface area contributed by atoms with E-state index in [2.05, 4.69) is 20.9 Å². The molecule has 0 aliphatic carbocycles. The van der Waals surface area contributed by atoms with E-state index in [4.69, 9.17) is 0 Å². The molecule has 0 atom stereocenters. The standard InChI is InChI=1S/C11H10BrFN2/c1-7-14-11(12)10(15(7)2)8-4-3-5-9(13)6-8/h3-6H,1-2H3. The summed E-state index contributed by atoms with van der Waals surface area (Å²) in [5.74, 6) is 0.652. The highest BCUT2D eigenvalue weighted by molar-refractivity contribution is 9.10. The Bertz CT molecular complexity index is 505. The zero-order valence-electron chi connectivity index (χ0n) is 8.46. The third-order valence-electron chi connectivity index (χ3n) is 2.37. The van der Waals surface area contributed by atoms with Crippen molar-refractivity contribution in [3.05, 3.63) is 40.5 Å². The zero-order valence-corrected chi connectivity index (χ0v) is 10.0. The number of aromatic nitrogens is 2. The SMILES string of the molecule is Cc1nc(Br)c(-c2cccc(F)c2)n1C. The minimum Gasteiger partial charge on any atom is -0.330 e. The zero-order chi connectivity index (χ0) is 11.0. The first-order valence-electron chi connectivity index (χ1n) is 4.54. The second-order valence-corrected chi connectivity index (χ2v) is 4.12. The molecule has 0 spiro atoms. The Hall–Kier alpha value is -1.16. The third kappa shape index (κ3) is 1.81. The molecule has 1 aromatic carbocycles. The van der Waals surface area contributed by atoms with Gasteiger partial charge < -0.3 is 4.57 Å². The fraction of sp³-hybridized carbons (Fsp3) is 0.182. The van der Waals surface area contributed by atoms with Gasteiger partial charge in [0, 0.05) is 12.6 Å². The average Bonchev–Trinajstić information content (AvgIpc) is 2.41. The predicted molar refractivity (Wildman–Crippen MR) is 61.0 cm³/mol. The van der Waals surface area contributed by atoms with Gasteiger partial charge in [-0.3, -0.25) is 0 Å². The molecule has 0 bridgehead atoms. The number of hydrogen-bond donors (Lipinski definition) is 0. The third-order valence-corrected chi connectivity index (χ3v) is 2.93. The van der Waals surface area contributed by atoms with E-state index in [0.717, 1.165) is 21.7 Å². The Labute approximate surface area is 95.9 Å². The maximum Gasteiger partial charge on any atom is 0.132 e. The van der Waals surface area contributed by atoms with Gasteiger partial charge in [-0.25, -0.2) is 9.37 Å². The van der Waals surface area contributed by atoms with Gasteiger partial charge in [0.25, 0.3) is 0 Å². The van der Waals surface area contributed by atoms with Crippen LogP contribution in [0, 0.1) is 12.7 Å². The van der Waals surface area contributed by atoms with Crippen molar-refractivity contribution >= 4 is 15.9 Å². The van der Waals surface area contributed by atoms with Gasteiger partial charge in [0.1, 0.15) is 16.2 Å². The molecule has 78 valence electrons. The highest BCUT2D eigenvalue weighted by Gasteiger charge is 2.12. The molecule has 2 rings (SSSR count). The molecule has 0 N–H and O–H groups in total. The number of aryl methyl sites for hydroxylation is 1. The van der Waals surface area contributed by atoms with E-state index in [1.54, 1.807) is 6.07 Å². The molecular formula is C11H10BrFN2. The fourth-order valence-electron chi connectivity index (χ4n) is 1.52. The summed E-state index contributed by atoms with van der Waals surface area (Å²) in [6.45, 7) is 1.91. The Morgan fingerprint density at radius 1 is 1.40 bits per heavy atom. The van der Waals surface area contributed by atoms with Crippen molar-refractivity contribution in [3.8, 4) is 11.3 Å². The number of nitrogens with zero attached hydrogens (tertiary/aromatic N) is 2. The topological polar surface area (TPSA) is 17.8 Å². The van der Waals surface area contributed by atoms with Crippen molar-refractivity contribution in [3.63, 3.8) is 0 Å². The van der Waals surface area contributed by atoms with Gasteiger partial charge in [-0.15, -0.1) is 0 Å². The van der Waals surface area contributed by atoms with Crippen molar-refractivity contribution in [2.75, 3.05) is 0 Å². The fourth-order valence-corrected chi connectivity index (χ4v) is 2.27. The van der Waals surface area contributed by atoms with Gasteiger partial charge in [0.05, 0.1) is 5.69 Å². The Kier molecular flexibility index (Phi) is 2.61. The number of rotatable bonds is 1. The van der Waals surface area contributed by atoms with Gasteiger partial charge in [-0.1, -0.05) is 12.1 Å². The molecular weight excluding hydrogens is 259 g/mol. The summed E-state index contributed by atoms with van der Waals surface area (Å²) in [4.78, 5) is 4.27. The van der Waals surface area contributed by atoms with Gasteiger partial charge >= 0.3 is 0 Å². The van der Waals surface area contributed by atoms with Crippen molar-refractivity contribution in [1.82, 2.24) is 9.55 Å². The number of hydrogen-bond acceptors (Lipinski definition) is 1. The largest absolute Gasteiger partial charge is 0.330 e. The van der Waals surface area contributed by atoms with Crippen LogP contribution in [0.15, 0.2) is 28.9 Å². The van der Waals surface area contributed by atoms with Gasteiger partial charge in [-0.05, 0) is 35.0 Å². The van der Waals surface area contributed by atoms with Crippen LogP contribution in [0.1, 0.15) is 5.82 Å². The first kappa shape index (κ1) is 10.4. The summed E-state index contributed by atoms with van der Waals surface area (Å²) >= 11 is 3.37. The van der Waals surface area contributed by atoms with Gasteiger partial charge in [0.2, 0.25) is 0 Å². The van der Waals surface area contributed by atoms with Crippen LogP contribution < -0.4 is 0 Å². The molecule has 0 fully saturated rings. The first-order chi connectivity index (χ1) is 7.09. The Morgan fingerprint density at radius 2 is 2.13 bits per heavy atom. The average molecular weight is 269 g/mol. The molecule has 0 saturated heterocycles. The van der Waals surface area contributed by atoms with Crippen LogP contribution >= 0.6 is 15.9 Å². The maximum absolute atomic E-state index is 13.1. The molecule has 4 heteroatoms. The lowest BCUT2D eigenvalue weighted by atomic mass is 10.1. The summed E-state index contributed by atoms with van der Waals surface area (Å²) in [5.41, 5.74) is 1.72. The van der Waals surface area contributed by atoms with Crippen LogP contribution in [0.5, 0.6) is 0 Å². The quantitative estimate of drug-likeness (QED) is 0.776. The monoisotopic (exact) mass is 268 g/mol. The van der Waals surface area contributed by atoms with E-state index >= 15 is 0 Å². The normalized spacial score (nSPS) is 10.7. The van der Waals surface area contributed by atoms with Crippen molar-refractivity contribution < 1.29 is 4.39 Å². The minimum absolute atomic E-state index is 0.238. The molecule has 1 heterocycles. The van der Waals surface area contributed by atoms with Crippen molar-refractivity contribution in [2.24, 2.45) is 7.05 Å². The van der Waals surface area contributed by atoms with Gasteiger partial charge in [-0.2, -0.15) is 0 Å². The summed E-state index contributed by atoms with van der Waals surface area (Å²) in [6.07, 6.45) is 0. The number of halogens is 2. The van der Waals surface area contributed by atoms with E-state index in [1.807, 2.05) is 24.6 Å². The van der Waals surface area contributed by atoms with Crippen LogP contribution in [0.4, 0.5) is 4.39 Å².